The Kier molecular flexibility index (Phi) is 5.41. The lowest BCUT2D eigenvalue weighted by molar-refractivity contribution is -0.114. The fourth-order valence-electron chi connectivity index (χ4n) is 2.58. The number of benzene rings is 2. The molecule has 0 saturated heterocycles. The van der Waals surface area contributed by atoms with Crippen molar-refractivity contribution in [3.05, 3.63) is 53.6 Å². The van der Waals surface area contributed by atoms with Crippen molar-refractivity contribution in [2.24, 2.45) is 0 Å². The summed E-state index contributed by atoms with van der Waals surface area (Å²) in [6, 6.07) is 13.0. The summed E-state index contributed by atoms with van der Waals surface area (Å²) in [6.07, 6.45) is 2.08. The van der Waals surface area contributed by atoms with Crippen LogP contribution in [0.1, 0.15) is 28.8 Å². The molecule has 0 aliphatic heterocycles. The number of aryl methyl sites for hydroxylation is 1. The highest BCUT2D eigenvalue weighted by molar-refractivity contribution is 5.98. The molecular formula is C20H23N3O3. The van der Waals surface area contributed by atoms with Gasteiger partial charge in [0.1, 0.15) is 5.75 Å². The van der Waals surface area contributed by atoms with Gasteiger partial charge in [0.15, 0.2) is 0 Å². The fourth-order valence-corrected chi connectivity index (χ4v) is 2.58. The molecule has 6 heteroatoms. The van der Waals surface area contributed by atoms with Gasteiger partial charge in [-0.3, -0.25) is 9.59 Å². The van der Waals surface area contributed by atoms with Gasteiger partial charge in [-0.05, 0) is 55.7 Å². The average Bonchev–Trinajstić information content (AvgIpc) is 3.44. The minimum absolute atomic E-state index is 0.0955. The molecule has 3 N–H and O–H groups in total. The van der Waals surface area contributed by atoms with E-state index in [-0.39, 0.29) is 18.4 Å². The quantitative estimate of drug-likeness (QED) is 0.715. The van der Waals surface area contributed by atoms with Crippen LogP contribution in [-0.2, 0) is 4.79 Å². The summed E-state index contributed by atoms with van der Waals surface area (Å²) in [4.78, 5) is 24.3. The van der Waals surface area contributed by atoms with E-state index in [0.29, 0.717) is 23.0 Å². The van der Waals surface area contributed by atoms with E-state index in [9.17, 15) is 9.59 Å². The zero-order valence-electron chi connectivity index (χ0n) is 15.0. The number of anilines is 2. The van der Waals surface area contributed by atoms with Crippen LogP contribution in [0.15, 0.2) is 42.5 Å². The number of nitrogens with one attached hydrogen (secondary N) is 3. The molecule has 2 aromatic carbocycles. The van der Waals surface area contributed by atoms with Gasteiger partial charge in [0.2, 0.25) is 5.91 Å². The van der Waals surface area contributed by atoms with E-state index in [0.717, 1.165) is 24.1 Å². The van der Waals surface area contributed by atoms with Crippen LogP contribution in [0.25, 0.3) is 0 Å². The van der Waals surface area contributed by atoms with E-state index >= 15 is 0 Å². The maximum atomic E-state index is 12.2. The van der Waals surface area contributed by atoms with Gasteiger partial charge in [-0.1, -0.05) is 12.1 Å². The Balaban J connectivity index is 1.58. The van der Waals surface area contributed by atoms with Gasteiger partial charge < -0.3 is 20.7 Å². The van der Waals surface area contributed by atoms with Crippen molar-refractivity contribution in [1.82, 2.24) is 5.32 Å². The summed E-state index contributed by atoms with van der Waals surface area (Å²) < 4.78 is 5.29. The SMILES string of the molecule is COc1ccc(C)cc1NCC(=O)Nc1cccc(C(=O)NC2CC2)c1. The predicted octanol–water partition coefficient (Wildman–Crippen LogP) is 2.95. The summed E-state index contributed by atoms with van der Waals surface area (Å²) in [5.41, 5.74) is 2.97. The van der Waals surface area contributed by atoms with Crippen molar-refractivity contribution < 1.29 is 14.3 Å². The Bertz CT molecular complexity index is 816. The highest BCUT2D eigenvalue weighted by Crippen LogP contribution is 2.25. The maximum Gasteiger partial charge on any atom is 0.251 e. The number of carbonyl (C=O) groups is 2. The second kappa shape index (κ2) is 7.91. The standard InChI is InChI=1S/C20H23N3O3/c1-13-6-9-18(26-2)17(10-13)21-12-19(24)22-16-5-3-4-14(11-16)20(25)23-15-7-8-15/h3-6,9-11,15,21H,7-8,12H2,1-2H3,(H,22,24)(H,23,25). The molecular weight excluding hydrogens is 330 g/mol. The van der Waals surface area contributed by atoms with Crippen LogP contribution < -0.4 is 20.7 Å². The summed E-state index contributed by atoms with van der Waals surface area (Å²) in [7, 11) is 1.59. The number of hydrogen-bond donors (Lipinski definition) is 3. The highest BCUT2D eigenvalue weighted by atomic mass is 16.5. The van der Waals surface area contributed by atoms with E-state index in [1.165, 1.54) is 0 Å². The van der Waals surface area contributed by atoms with Crippen molar-refractivity contribution >= 4 is 23.2 Å². The minimum atomic E-state index is -0.201. The Labute approximate surface area is 152 Å². The first kappa shape index (κ1) is 17.8. The van der Waals surface area contributed by atoms with Crippen molar-refractivity contribution in [2.45, 2.75) is 25.8 Å². The molecule has 1 aliphatic rings. The number of carbonyl (C=O) groups excluding carboxylic acids is 2. The Morgan fingerprint density at radius 3 is 2.69 bits per heavy atom. The number of methoxy groups -OCH3 is 1. The number of amides is 2. The molecule has 2 amide bonds. The molecule has 1 saturated carbocycles. The summed E-state index contributed by atoms with van der Waals surface area (Å²) in [5, 5.41) is 8.82. The first-order chi connectivity index (χ1) is 12.5. The van der Waals surface area contributed by atoms with Crippen LogP contribution in [0.3, 0.4) is 0 Å². The van der Waals surface area contributed by atoms with Gasteiger partial charge in [0.25, 0.3) is 5.91 Å². The highest BCUT2D eigenvalue weighted by Gasteiger charge is 2.23. The Morgan fingerprint density at radius 2 is 1.96 bits per heavy atom. The van der Waals surface area contributed by atoms with Gasteiger partial charge in [0.05, 0.1) is 19.3 Å². The summed E-state index contributed by atoms with van der Waals surface area (Å²) in [6.45, 7) is 2.07. The minimum Gasteiger partial charge on any atom is -0.495 e. The zero-order chi connectivity index (χ0) is 18.5. The van der Waals surface area contributed by atoms with Gasteiger partial charge in [-0.15, -0.1) is 0 Å². The second-order valence-corrected chi connectivity index (χ2v) is 6.43. The summed E-state index contributed by atoms with van der Waals surface area (Å²) >= 11 is 0. The van der Waals surface area contributed by atoms with Crippen LogP contribution in [0, 0.1) is 6.92 Å². The zero-order valence-corrected chi connectivity index (χ0v) is 15.0. The molecule has 0 bridgehead atoms. The normalized spacial score (nSPS) is 13.0. The first-order valence-corrected chi connectivity index (χ1v) is 8.64. The number of hydrogen-bond acceptors (Lipinski definition) is 4. The van der Waals surface area contributed by atoms with Crippen molar-refractivity contribution in [3.63, 3.8) is 0 Å². The van der Waals surface area contributed by atoms with Gasteiger partial charge in [-0.2, -0.15) is 0 Å². The van der Waals surface area contributed by atoms with E-state index in [2.05, 4.69) is 16.0 Å². The molecule has 0 radical (unpaired) electrons. The Morgan fingerprint density at radius 1 is 1.15 bits per heavy atom. The lowest BCUT2D eigenvalue weighted by Crippen LogP contribution is -2.26. The van der Waals surface area contributed by atoms with Crippen LogP contribution in [0.4, 0.5) is 11.4 Å². The van der Waals surface area contributed by atoms with Crippen molar-refractivity contribution in [3.8, 4) is 5.75 Å². The van der Waals surface area contributed by atoms with Crippen LogP contribution in [0.2, 0.25) is 0 Å². The lowest BCUT2D eigenvalue weighted by Gasteiger charge is -2.12. The van der Waals surface area contributed by atoms with E-state index in [1.807, 2.05) is 25.1 Å². The molecule has 0 heterocycles. The third-order valence-electron chi connectivity index (χ3n) is 4.12. The predicted molar refractivity (Wildman–Crippen MR) is 102 cm³/mol. The second-order valence-electron chi connectivity index (χ2n) is 6.43. The monoisotopic (exact) mass is 353 g/mol. The molecule has 26 heavy (non-hydrogen) atoms. The van der Waals surface area contributed by atoms with Crippen molar-refractivity contribution in [2.75, 3.05) is 24.3 Å². The number of ether oxygens (including phenoxy) is 1. The molecule has 1 aliphatic carbocycles. The topological polar surface area (TPSA) is 79.5 Å². The molecule has 0 unspecified atom stereocenters. The lowest BCUT2D eigenvalue weighted by atomic mass is 10.2. The maximum absolute atomic E-state index is 12.2. The van der Waals surface area contributed by atoms with Crippen LogP contribution >= 0.6 is 0 Å². The molecule has 3 rings (SSSR count). The molecule has 2 aromatic rings. The third-order valence-corrected chi connectivity index (χ3v) is 4.12. The molecule has 136 valence electrons. The molecule has 0 aromatic heterocycles. The van der Waals surface area contributed by atoms with Gasteiger partial charge in [-0.25, -0.2) is 0 Å². The molecule has 0 atom stereocenters. The van der Waals surface area contributed by atoms with Crippen molar-refractivity contribution in [1.29, 1.82) is 0 Å². The molecule has 6 nitrogen and oxygen atoms in total. The van der Waals surface area contributed by atoms with E-state index < -0.39 is 0 Å². The van der Waals surface area contributed by atoms with Gasteiger partial charge >= 0.3 is 0 Å². The largest absolute Gasteiger partial charge is 0.495 e. The molecule has 0 spiro atoms. The fraction of sp³-hybridized carbons (Fsp3) is 0.300. The Hall–Kier alpha value is -3.02. The smallest absolute Gasteiger partial charge is 0.251 e. The summed E-state index contributed by atoms with van der Waals surface area (Å²) in [5.74, 6) is 0.377. The van der Waals surface area contributed by atoms with E-state index in [1.54, 1.807) is 31.4 Å². The molecule has 1 fully saturated rings. The number of rotatable bonds is 7. The van der Waals surface area contributed by atoms with Crippen LogP contribution in [0.5, 0.6) is 5.75 Å². The van der Waals surface area contributed by atoms with E-state index in [4.69, 9.17) is 4.74 Å². The van der Waals surface area contributed by atoms with Crippen LogP contribution in [-0.4, -0.2) is 31.5 Å². The van der Waals surface area contributed by atoms with Gasteiger partial charge in [0, 0.05) is 17.3 Å². The first-order valence-electron chi connectivity index (χ1n) is 8.64. The average molecular weight is 353 g/mol. The third kappa shape index (κ3) is 4.75.